The zero-order valence-corrected chi connectivity index (χ0v) is 13.4. The third kappa shape index (κ3) is 3.64. The number of aromatic hydroxyl groups is 1. The Morgan fingerprint density at radius 2 is 1.82 bits per heavy atom. The second-order valence-corrected chi connectivity index (χ2v) is 5.45. The van der Waals surface area contributed by atoms with Gasteiger partial charge < -0.3 is 20.3 Å². The van der Waals surface area contributed by atoms with Gasteiger partial charge in [0.15, 0.2) is 11.5 Å². The maximum absolute atomic E-state index is 9.79. The third-order valence-electron chi connectivity index (χ3n) is 3.66. The van der Waals surface area contributed by atoms with Crippen molar-refractivity contribution in [1.29, 1.82) is 0 Å². The van der Waals surface area contributed by atoms with E-state index in [1.54, 1.807) is 19.2 Å². The van der Waals surface area contributed by atoms with Crippen LogP contribution < -0.4 is 15.2 Å². The quantitative estimate of drug-likeness (QED) is 0.856. The summed E-state index contributed by atoms with van der Waals surface area (Å²) in [6.07, 6.45) is 0.708. The number of methoxy groups -OCH3 is 2. The van der Waals surface area contributed by atoms with E-state index in [4.69, 9.17) is 26.8 Å². The lowest BCUT2D eigenvalue weighted by atomic mass is 9.92. The first-order valence-corrected chi connectivity index (χ1v) is 7.36. The predicted octanol–water partition coefficient (Wildman–Crippen LogP) is 3.35. The summed E-state index contributed by atoms with van der Waals surface area (Å²) in [7, 11) is 3.14. The van der Waals surface area contributed by atoms with Gasteiger partial charge in [0.1, 0.15) is 5.75 Å². The molecule has 0 aliphatic heterocycles. The molecule has 0 amide bonds. The highest BCUT2D eigenvalue weighted by Crippen LogP contribution is 2.36. The Bertz CT molecular complexity index is 629. The zero-order valence-electron chi connectivity index (χ0n) is 12.7. The van der Waals surface area contributed by atoms with Crippen LogP contribution in [-0.4, -0.2) is 25.9 Å². The fourth-order valence-electron chi connectivity index (χ4n) is 2.40. The van der Waals surface area contributed by atoms with Gasteiger partial charge in [-0.2, -0.15) is 0 Å². The molecule has 0 radical (unpaired) electrons. The number of ether oxygens (including phenoxy) is 2. The molecule has 0 spiro atoms. The summed E-state index contributed by atoms with van der Waals surface area (Å²) in [5.74, 6) is 1.29. The van der Waals surface area contributed by atoms with Crippen LogP contribution in [0.3, 0.4) is 0 Å². The van der Waals surface area contributed by atoms with Crippen LogP contribution >= 0.6 is 11.6 Å². The van der Waals surface area contributed by atoms with Gasteiger partial charge in [0.05, 0.1) is 19.2 Å². The molecule has 0 aromatic heterocycles. The maximum Gasteiger partial charge on any atom is 0.176 e. The van der Waals surface area contributed by atoms with E-state index in [9.17, 15) is 5.11 Å². The summed E-state index contributed by atoms with van der Waals surface area (Å²) in [6.45, 7) is 0.507. The normalized spacial score (nSPS) is 12.0. The van der Waals surface area contributed by atoms with E-state index < -0.39 is 0 Å². The molecular formula is C17H20ClNO3. The van der Waals surface area contributed by atoms with Crippen molar-refractivity contribution < 1.29 is 14.6 Å². The SMILES string of the molecule is COc1ccc(C(CN)Cc2cc(Cl)c(O)c(OC)c2)cc1. The lowest BCUT2D eigenvalue weighted by molar-refractivity contribution is 0.373. The second kappa shape index (κ2) is 7.38. The Morgan fingerprint density at radius 3 is 2.36 bits per heavy atom. The molecular weight excluding hydrogens is 302 g/mol. The molecule has 0 saturated heterocycles. The number of halogens is 1. The number of hydrogen-bond acceptors (Lipinski definition) is 4. The fraction of sp³-hybridized carbons (Fsp3) is 0.294. The van der Waals surface area contributed by atoms with Crippen LogP contribution in [-0.2, 0) is 6.42 Å². The highest BCUT2D eigenvalue weighted by atomic mass is 35.5. The Hall–Kier alpha value is -1.91. The van der Waals surface area contributed by atoms with Gasteiger partial charge in [-0.1, -0.05) is 23.7 Å². The highest BCUT2D eigenvalue weighted by Gasteiger charge is 2.14. The van der Waals surface area contributed by atoms with E-state index in [0.717, 1.165) is 16.9 Å². The van der Waals surface area contributed by atoms with Crippen LogP contribution in [0.2, 0.25) is 5.02 Å². The van der Waals surface area contributed by atoms with Crippen LogP contribution in [0.1, 0.15) is 17.0 Å². The Kier molecular flexibility index (Phi) is 5.52. The first-order valence-electron chi connectivity index (χ1n) is 6.98. The third-order valence-corrected chi connectivity index (χ3v) is 3.95. The van der Waals surface area contributed by atoms with Gasteiger partial charge in [0.25, 0.3) is 0 Å². The molecule has 0 saturated carbocycles. The highest BCUT2D eigenvalue weighted by molar-refractivity contribution is 6.32. The number of rotatable bonds is 6. The lowest BCUT2D eigenvalue weighted by Gasteiger charge is -2.17. The van der Waals surface area contributed by atoms with Crippen LogP contribution in [0, 0.1) is 0 Å². The molecule has 0 aliphatic rings. The average molecular weight is 322 g/mol. The van der Waals surface area contributed by atoms with Crippen molar-refractivity contribution in [3.8, 4) is 17.2 Å². The van der Waals surface area contributed by atoms with Crippen molar-refractivity contribution >= 4 is 11.6 Å². The van der Waals surface area contributed by atoms with Gasteiger partial charge in [0.2, 0.25) is 0 Å². The van der Waals surface area contributed by atoms with Gasteiger partial charge >= 0.3 is 0 Å². The molecule has 4 nitrogen and oxygen atoms in total. The van der Waals surface area contributed by atoms with Crippen molar-refractivity contribution in [2.24, 2.45) is 5.73 Å². The largest absolute Gasteiger partial charge is 0.503 e. The monoisotopic (exact) mass is 321 g/mol. The van der Waals surface area contributed by atoms with Crippen LogP contribution in [0.15, 0.2) is 36.4 Å². The summed E-state index contributed by atoms with van der Waals surface area (Å²) in [5, 5.41) is 10.1. The van der Waals surface area contributed by atoms with Crippen molar-refractivity contribution in [2.75, 3.05) is 20.8 Å². The molecule has 118 valence electrons. The lowest BCUT2D eigenvalue weighted by Crippen LogP contribution is -2.15. The summed E-state index contributed by atoms with van der Waals surface area (Å²) >= 11 is 6.03. The first kappa shape index (κ1) is 16.5. The Morgan fingerprint density at radius 1 is 1.14 bits per heavy atom. The van der Waals surface area contributed by atoms with E-state index >= 15 is 0 Å². The minimum Gasteiger partial charge on any atom is -0.503 e. The standard InChI is InChI=1S/C17H20ClNO3/c1-21-14-5-3-12(4-6-14)13(10-19)7-11-8-15(18)17(20)16(9-11)22-2/h3-6,8-9,13,20H,7,10,19H2,1-2H3. The van der Waals surface area contributed by atoms with Crippen LogP contribution in [0.5, 0.6) is 17.2 Å². The number of phenols is 1. The average Bonchev–Trinajstić information content (AvgIpc) is 2.55. The zero-order chi connectivity index (χ0) is 16.1. The van der Waals surface area contributed by atoms with E-state index in [0.29, 0.717) is 18.7 Å². The molecule has 1 atom stereocenters. The summed E-state index contributed by atoms with van der Waals surface area (Å²) in [6, 6.07) is 11.4. The van der Waals surface area contributed by atoms with E-state index in [1.165, 1.54) is 7.11 Å². The first-order chi connectivity index (χ1) is 10.6. The molecule has 0 bridgehead atoms. The number of hydrogen-bond donors (Lipinski definition) is 2. The molecule has 0 aliphatic carbocycles. The number of nitrogens with two attached hydrogens (primary N) is 1. The van der Waals surface area contributed by atoms with Gasteiger partial charge in [-0.3, -0.25) is 0 Å². The molecule has 2 rings (SSSR count). The van der Waals surface area contributed by atoms with Crippen LogP contribution in [0.4, 0.5) is 0 Å². The van der Waals surface area contributed by atoms with Gasteiger partial charge in [-0.05, 0) is 48.4 Å². The maximum atomic E-state index is 9.79. The van der Waals surface area contributed by atoms with Gasteiger partial charge in [-0.15, -0.1) is 0 Å². The summed E-state index contributed by atoms with van der Waals surface area (Å²) < 4.78 is 10.3. The van der Waals surface area contributed by atoms with Crippen molar-refractivity contribution in [3.63, 3.8) is 0 Å². The predicted molar refractivity (Wildman–Crippen MR) is 88.2 cm³/mol. The molecule has 5 heteroatoms. The van der Waals surface area contributed by atoms with E-state index in [-0.39, 0.29) is 16.7 Å². The van der Waals surface area contributed by atoms with Gasteiger partial charge in [-0.25, -0.2) is 0 Å². The van der Waals surface area contributed by atoms with E-state index in [1.807, 2.05) is 24.3 Å². The molecule has 1 unspecified atom stereocenters. The molecule has 2 aromatic rings. The van der Waals surface area contributed by atoms with E-state index in [2.05, 4.69) is 0 Å². The Balaban J connectivity index is 2.24. The van der Waals surface area contributed by atoms with Crippen molar-refractivity contribution in [2.45, 2.75) is 12.3 Å². The number of phenolic OH excluding ortho intramolecular Hbond substituents is 1. The molecule has 0 heterocycles. The summed E-state index contributed by atoms with van der Waals surface area (Å²) in [5.41, 5.74) is 8.01. The fourth-order valence-corrected chi connectivity index (χ4v) is 2.63. The summed E-state index contributed by atoms with van der Waals surface area (Å²) in [4.78, 5) is 0. The minimum atomic E-state index is -0.0401. The number of benzene rings is 2. The minimum absolute atomic E-state index is 0.0401. The Labute approximate surface area is 135 Å². The van der Waals surface area contributed by atoms with Crippen molar-refractivity contribution in [1.82, 2.24) is 0 Å². The van der Waals surface area contributed by atoms with Gasteiger partial charge in [0, 0.05) is 5.92 Å². The molecule has 22 heavy (non-hydrogen) atoms. The smallest absolute Gasteiger partial charge is 0.176 e. The molecule has 0 fully saturated rings. The van der Waals surface area contributed by atoms with Crippen LogP contribution in [0.25, 0.3) is 0 Å². The van der Waals surface area contributed by atoms with Crippen molar-refractivity contribution in [3.05, 3.63) is 52.5 Å². The molecule has 3 N–H and O–H groups in total. The molecule has 2 aromatic carbocycles. The topological polar surface area (TPSA) is 64.7 Å². The second-order valence-electron chi connectivity index (χ2n) is 5.04.